The first-order valence-corrected chi connectivity index (χ1v) is 7.15. The van der Waals surface area contributed by atoms with Crippen LogP contribution >= 0.6 is 0 Å². The topological polar surface area (TPSA) is 58.4 Å². The number of rotatable bonds is 5. The van der Waals surface area contributed by atoms with E-state index in [2.05, 4.69) is 16.9 Å². The van der Waals surface area contributed by atoms with Crippen LogP contribution < -0.4 is 0 Å². The van der Waals surface area contributed by atoms with Crippen molar-refractivity contribution < 1.29 is 9.90 Å². The first-order valence-electron chi connectivity index (χ1n) is 7.15. The Hall–Kier alpha value is -1.36. The predicted octanol–water partition coefficient (Wildman–Crippen LogP) is 1.45. The van der Waals surface area contributed by atoms with Gasteiger partial charge in [-0.2, -0.15) is 5.10 Å². The second kappa shape index (κ2) is 4.96. The predicted molar refractivity (Wildman–Crippen MR) is 70.5 cm³/mol. The molecule has 1 N–H and O–H groups in total. The number of aromatic nitrogens is 2. The number of carboxylic acid groups (broad SMARTS) is 1. The first-order chi connectivity index (χ1) is 9.17. The summed E-state index contributed by atoms with van der Waals surface area (Å²) in [6.07, 6.45) is 4.41. The molecular formula is C14H21N3O2. The maximum atomic E-state index is 11.3. The minimum atomic E-state index is -0.626. The minimum absolute atomic E-state index is 0.180. The third-order valence-electron chi connectivity index (χ3n) is 4.39. The van der Waals surface area contributed by atoms with E-state index in [1.54, 1.807) is 0 Å². The van der Waals surface area contributed by atoms with Crippen LogP contribution in [0.3, 0.4) is 0 Å². The van der Waals surface area contributed by atoms with Gasteiger partial charge in [0.1, 0.15) is 0 Å². The van der Waals surface area contributed by atoms with Crippen LogP contribution in [0.1, 0.15) is 25.5 Å². The summed E-state index contributed by atoms with van der Waals surface area (Å²) in [6.45, 7) is 5.31. The molecule has 0 aromatic carbocycles. The summed E-state index contributed by atoms with van der Waals surface area (Å²) in [5.41, 5.74) is 1.04. The van der Waals surface area contributed by atoms with E-state index in [1.807, 2.05) is 16.9 Å². The summed E-state index contributed by atoms with van der Waals surface area (Å²) in [7, 11) is 0. The zero-order chi connectivity index (χ0) is 13.4. The number of hydrogen-bond donors (Lipinski definition) is 1. The Balaban J connectivity index is 1.64. The molecule has 3 rings (SSSR count). The molecule has 1 aliphatic heterocycles. The summed E-state index contributed by atoms with van der Waals surface area (Å²) in [6, 6.07) is 2.03. The van der Waals surface area contributed by atoms with Crippen molar-refractivity contribution in [3.05, 3.63) is 18.0 Å². The molecule has 1 aromatic rings. The van der Waals surface area contributed by atoms with Gasteiger partial charge in [0, 0.05) is 32.4 Å². The van der Waals surface area contributed by atoms with Gasteiger partial charge in [0.25, 0.3) is 0 Å². The summed E-state index contributed by atoms with van der Waals surface area (Å²) in [5, 5.41) is 13.8. The van der Waals surface area contributed by atoms with Crippen molar-refractivity contribution in [2.45, 2.75) is 32.9 Å². The van der Waals surface area contributed by atoms with Gasteiger partial charge in [-0.3, -0.25) is 14.4 Å². The van der Waals surface area contributed by atoms with Gasteiger partial charge >= 0.3 is 5.97 Å². The zero-order valence-electron chi connectivity index (χ0n) is 11.3. The lowest BCUT2D eigenvalue weighted by Crippen LogP contribution is -2.24. The lowest BCUT2D eigenvalue weighted by Gasteiger charge is -2.13. The molecule has 5 heteroatoms. The van der Waals surface area contributed by atoms with Crippen LogP contribution in [0.4, 0.5) is 0 Å². The quantitative estimate of drug-likeness (QED) is 0.873. The molecule has 104 valence electrons. The van der Waals surface area contributed by atoms with E-state index in [1.165, 1.54) is 12.8 Å². The smallest absolute Gasteiger partial charge is 0.308 e. The molecule has 2 heterocycles. The van der Waals surface area contributed by atoms with E-state index in [0.717, 1.165) is 25.3 Å². The Morgan fingerprint density at radius 2 is 2.26 bits per heavy atom. The highest BCUT2D eigenvalue weighted by Crippen LogP contribution is 2.44. The molecular weight excluding hydrogens is 242 g/mol. The molecule has 0 radical (unpaired) electrons. The molecule has 2 atom stereocenters. The van der Waals surface area contributed by atoms with Crippen molar-refractivity contribution in [1.82, 2.24) is 14.7 Å². The molecule has 2 aliphatic rings. The number of aryl methyl sites for hydroxylation is 1. The molecule has 2 fully saturated rings. The van der Waals surface area contributed by atoms with E-state index >= 15 is 0 Å². The highest BCUT2D eigenvalue weighted by Gasteiger charge is 2.45. The normalized spacial score (nSPS) is 27.8. The van der Waals surface area contributed by atoms with Gasteiger partial charge in [0.2, 0.25) is 0 Å². The van der Waals surface area contributed by atoms with E-state index in [4.69, 9.17) is 0 Å². The van der Waals surface area contributed by atoms with Gasteiger partial charge in [0.05, 0.1) is 11.6 Å². The van der Waals surface area contributed by atoms with Crippen LogP contribution in [0.15, 0.2) is 12.3 Å². The van der Waals surface area contributed by atoms with Gasteiger partial charge in [-0.1, -0.05) is 0 Å². The third kappa shape index (κ3) is 2.66. The van der Waals surface area contributed by atoms with Crippen molar-refractivity contribution in [2.75, 3.05) is 13.1 Å². The van der Waals surface area contributed by atoms with Gasteiger partial charge in [-0.25, -0.2) is 0 Å². The van der Waals surface area contributed by atoms with Crippen LogP contribution in [0, 0.1) is 17.8 Å². The molecule has 0 unspecified atom stereocenters. The Morgan fingerprint density at radius 1 is 1.47 bits per heavy atom. The SMILES string of the molecule is CCn1ccc(CN2C[C@H](C(=O)O)[C@@H](C3CC3)C2)n1. The summed E-state index contributed by atoms with van der Waals surface area (Å²) >= 11 is 0. The van der Waals surface area contributed by atoms with Crippen molar-refractivity contribution in [2.24, 2.45) is 17.8 Å². The molecule has 0 amide bonds. The van der Waals surface area contributed by atoms with Crippen molar-refractivity contribution in [3.63, 3.8) is 0 Å². The summed E-state index contributed by atoms with van der Waals surface area (Å²) in [4.78, 5) is 13.6. The molecule has 1 aromatic heterocycles. The van der Waals surface area contributed by atoms with Crippen LogP contribution in [0.25, 0.3) is 0 Å². The maximum absolute atomic E-state index is 11.3. The van der Waals surface area contributed by atoms with Gasteiger partial charge < -0.3 is 5.11 Å². The molecule has 1 saturated heterocycles. The average Bonchev–Trinajstić information content (AvgIpc) is 2.99. The van der Waals surface area contributed by atoms with E-state index in [-0.39, 0.29) is 5.92 Å². The second-order valence-corrected chi connectivity index (χ2v) is 5.80. The second-order valence-electron chi connectivity index (χ2n) is 5.80. The molecule has 1 aliphatic carbocycles. The summed E-state index contributed by atoms with van der Waals surface area (Å²) in [5.74, 6) is 0.198. The van der Waals surface area contributed by atoms with E-state index in [9.17, 15) is 9.90 Å². The number of likely N-dealkylation sites (tertiary alicyclic amines) is 1. The Morgan fingerprint density at radius 3 is 2.84 bits per heavy atom. The molecule has 0 bridgehead atoms. The summed E-state index contributed by atoms with van der Waals surface area (Å²) < 4.78 is 1.92. The fourth-order valence-electron chi connectivity index (χ4n) is 3.20. The lowest BCUT2D eigenvalue weighted by atomic mass is 9.92. The molecule has 0 spiro atoms. The lowest BCUT2D eigenvalue weighted by molar-refractivity contribution is -0.142. The Labute approximate surface area is 113 Å². The standard InChI is InChI=1S/C14H21N3O2/c1-2-17-6-5-11(15-17)7-16-8-12(10-3-4-10)13(9-16)14(18)19/h5-6,10,12-13H,2-4,7-9H2,1H3,(H,18,19)/t12-,13+/m1/s1. The average molecular weight is 263 g/mol. The van der Waals surface area contributed by atoms with Crippen LogP contribution in [-0.2, 0) is 17.9 Å². The van der Waals surface area contributed by atoms with Crippen molar-refractivity contribution in [1.29, 1.82) is 0 Å². The Bertz CT molecular complexity index is 467. The fraction of sp³-hybridized carbons (Fsp3) is 0.714. The number of aliphatic carboxylic acids is 1. The minimum Gasteiger partial charge on any atom is -0.481 e. The largest absolute Gasteiger partial charge is 0.481 e. The molecule has 19 heavy (non-hydrogen) atoms. The van der Waals surface area contributed by atoms with E-state index in [0.29, 0.717) is 18.4 Å². The van der Waals surface area contributed by atoms with Crippen LogP contribution in [0.2, 0.25) is 0 Å². The number of carbonyl (C=O) groups is 1. The van der Waals surface area contributed by atoms with Crippen molar-refractivity contribution >= 4 is 5.97 Å². The van der Waals surface area contributed by atoms with Gasteiger partial charge in [-0.05, 0) is 37.7 Å². The zero-order valence-corrected chi connectivity index (χ0v) is 11.3. The van der Waals surface area contributed by atoms with Gasteiger partial charge in [0.15, 0.2) is 0 Å². The van der Waals surface area contributed by atoms with Crippen LogP contribution in [-0.4, -0.2) is 38.8 Å². The highest BCUT2D eigenvalue weighted by molar-refractivity contribution is 5.71. The number of carboxylic acids is 1. The molecule has 1 saturated carbocycles. The third-order valence-corrected chi connectivity index (χ3v) is 4.39. The highest BCUT2D eigenvalue weighted by atomic mass is 16.4. The molecule has 5 nitrogen and oxygen atoms in total. The van der Waals surface area contributed by atoms with Crippen molar-refractivity contribution in [3.8, 4) is 0 Å². The van der Waals surface area contributed by atoms with E-state index < -0.39 is 5.97 Å². The maximum Gasteiger partial charge on any atom is 0.308 e. The monoisotopic (exact) mass is 263 g/mol. The Kier molecular flexibility index (Phi) is 3.31. The van der Waals surface area contributed by atoms with Crippen LogP contribution in [0.5, 0.6) is 0 Å². The number of hydrogen-bond acceptors (Lipinski definition) is 3. The first kappa shape index (κ1) is 12.7. The fourth-order valence-corrected chi connectivity index (χ4v) is 3.20. The number of nitrogens with zero attached hydrogens (tertiary/aromatic N) is 3. The van der Waals surface area contributed by atoms with Gasteiger partial charge in [-0.15, -0.1) is 0 Å².